The summed E-state index contributed by atoms with van der Waals surface area (Å²) in [7, 11) is 1.55. The van der Waals surface area contributed by atoms with Crippen molar-refractivity contribution in [3.63, 3.8) is 0 Å². The number of nitrogens with zero attached hydrogens (tertiary/aromatic N) is 3. The second kappa shape index (κ2) is 8.60. The summed E-state index contributed by atoms with van der Waals surface area (Å²) < 4.78 is 5.62. The lowest BCUT2D eigenvalue weighted by Gasteiger charge is -2.07. The summed E-state index contributed by atoms with van der Waals surface area (Å²) in [4.78, 5) is 23.4. The molecule has 0 aliphatic carbocycles. The van der Waals surface area contributed by atoms with E-state index in [0.717, 1.165) is 11.3 Å². The molecular weight excluding hydrogens is 314 g/mol. The van der Waals surface area contributed by atoms with Crippen LogP contribution in [0, 0.1) is 0 Å². The number of amidine groups is 1. The highest BCUT2D eigenvalue weighted by molar-refractivity contribution is 7.12. The van der Waals surface area contributed by atoms with Gasteiger partial charge in [0.05, 0.1) is 0 Å². The molecule has 0 atom stereocenters. The Morgan fingerprint density at radius 1 is 1.52 bits per heavy atom. The molecule has 2 heterocycles. The van der Waals surface area contributed by atoms with Crippen molar-refractivity contribution >= 4 is 29.5 Å². The van der Waals surface area contributed by atoms with E-state index in [4.69, 9.17) is 9.84 Å². The molecule has 2 aromatic heterocycles. The van der Waals surface area contributed by atoms with Gasteiger partial charge in [-0.1, -0.05) is 20.1 Å². The van der Waals surface area contributed by atoms with E-state index in [2.05, 4.69) is 21.5 Å². The zero-order valence-corrected chi connectivity index (χ0v) is 12.6. The Hall–Kier alpha value is -2.80. The van der Waals surface area contributed by atoms with Gasteiger partial charge in [0, 0.05) is 30.4 Å². The van der Waals surface area contributed by atoms with Gasteiger partial charge < -0.3 is 9.84 Å². The average molecular weight is 331 g/mol. The number of carboxylic acid groups (broad SMARTS) is 1. The van der Waals surface area contributed by atoms with Gasteiger partial charge in [0.1, 0.15) is 10.6 Å². The number of rotatable bonds is 4. The molecule has 2 aromatic rings. The number of hydrogen-bond donors (Lipinski definition) is 1. The first-order valence-corrected chi connectivity index (χ1v) is 7.10. The molecule has 6 nitrogen and oxygen atoms in total. The molecule has 0 aliphatic rings. The Morgan fingerprint density at radius 3 is 2.91 bits per heavy atom. The predicted octanol–water partition coefficient (Wildman–Crippen LogP) is 3.77. The highest BCUT2D eigenvalue weighted by Gasteiger charge is 2.14. The summed E-state index contributed by atoms with van der Waals surface area (Å²) in [5, 5.41) is 10.7. The largest absolute Gasteiger partial charge is 0.477 e. The number of aliphatic imine (C=N–C) groups is 2. The molecule has 0 aromatic carbocycles. The first-order valence-electron chi connectivity index (χ1n) is 6.22. The highest BCUT2D eigenvalue weighted by Crippen LogP contribution is 2.31. The number of aromatic nitrogens is 1. The second-order valence-electron chi connectivity index (χ2n) is 3.98. The zero-order valence-electron chi connectivity index (χ0n) is 11.8. The SMILES string of the molecule is C.C=C/C=N\C(=NC)Oc1cccnc1-c1csc(C(=O)O)c1. The van der Waals surface area contributed by atoms with Gasteiger partial charge in [-0.3, -0.25) is 4.98 Å². The average Bonchev–Trinajstić information content (AvgIpc) is 3.02. The quantitative estimate of drug-likeness (QED) is 0.683. The van der Waals surface area contributed by atoms with Crippen LogP contribution in [0.1, 0.15) is 17.1 Å². The van der Waals surface area contributed by atoms with Crippen LogP contribution in [0.4, 0.5) is 0 Å². The molecule has 1 N–H and O–H groups in total. The van der Waals surface area contributed by atoms with Crippen LogP contribution in [0.25, 0.3) is 11.3 Å². The Bertz CT molecular complexity index is 751. The van der Waals surface area contributed by atoms with E-state index in [1.165, 1.54) is 12.3 Å². The Balaban J connectivity index is 0.00000264. The number of ether oxygens (including phenoxy) is 1. The molecule has 0 amide bonds. The second-order valence-corrected chi connectivity index (χ2v) is 4.89. The van der Waals surface area contributed by atoms with E-state index >= 15 is 0 Å². The summed E-state index contributed by atoms with van der Waals surface area (Å²) >= 11 is 1.13. The molecule has 0 saturated carbocycles. The number of aromatic carboxylic acids is 1. The summed E-state index contributed by atoms with van der Waals surface area (Å²) in [6.45, 7) is 3.53. The van der Waals surface area contributed by atoms with Crippen molar-refractivity contribution in [3.05, 3.63) is 47.3 Å². The van der Waals surface area contributed by atoms with Crippen LogP contribution in [0.2, 0.25) is 0 Å². The van der Waals surface area contributed by atoms with Gasteiger partial charge in [0.2, 0.25) is 0 Å². The van der Waals surface area contributed by atoms with Crippen LogP contribution in [0.15, 0.2) is 52.4 Å². The van der Waals surface area contributed by atoms with Crippen LogP contribution >= 0.6 is 11.3 Å². The highest BCUT2D eigenvalue weighted by atomic mass is 32.1. The first-order chi connectivity index (χ1) is 10.7. The third-order valence-electron chi connectivity index (χ3n) is 2.54. The number of thiophene rings is 1. The standard InChI is InChI=1S/C15H13N3O3S.CH4/c1-3-6-18-15(16-2)21-11-5-4-7-17-13(11)10-8-12(14(19)20)22-9-10;/h3-9H,1H2,2H3,(H,19,20);1H4/b16-15?,18-6-;. The van der Waals surface area contributed by atoms with Crippen molar-refractivity contribution in [2.24, 2.45) is 9.98 Å². The molecule has 0 unspecified atom stereocenters. The van der Waals surface area contributed by atoms with E-state index in [1.54, 1.807) is 36.8 Å². The van der Waals surface area contributed by atoms with E-state index in [9.17, 15) is 4.79 Å². The number of carboxylic acids is 1. The van der Waals surface area contributed by atoms with Gasteiger partial charge in [-0.15, -0.1) is 11.3 Å². The van der Waals surface area contributed by atoms with Crippen molar-refractivity contribution in [2.75, 3.05) is 7.05 Å². The lowest BCUT2D eigenvalue weighted by Crippen LogP contribution is -2.06. The molecule has 2 rings (SSSR count). The summed E-state index contributed by atoms with van der Waals surface area (Å²) in [6, 6.07) is 5.14. The predicted molar refractivity (Wildman–Crippen MR) is 93.9 cm³/mol. The van der Waals surface area contributed by atoms with Crippen molar-refractivity contribution in [2.45, 2.75) is 7.43 Å². The summed E-state index contributed by atoms with van der Waals surface area (Å²) in [5.41, 5.74) is 1.20. The number of carbonyl (C=O) groups is 1. The van der Waals surface area contributed by atoms with Gasteiger partial charge >= 0.3 is 12.0 Å². The molecule has 0 fully saturated rings. The van der Waals surface area contributed by atoms with E-state index in [0.29, 0.717) is 17.0 Å². The Morgan fingerprint density at radius 2 is 2.30 bits per heavy atom. The van der Waals surface area contributed by atoms with Crippen molar-refractivity contribution in [1.82, 2.24) is 4.98 Å². The van der Waals surface area contributed by atoms with Crippen LogP contribution in [0.5, 0.6) is 5.75 Å². The number of pyridine rings is 1. The van der Waals surface area contributed by atoms with Crippen molar-refractivity contribution < 1.29 is 14.6 Å². The van der Waals surface area contributed by atoms with E-state index in [-0.39, 0.29) is 18.3 Å². The van der Waals surface area contributed by atoms with Crippen LogP contribution in [-0.4, -0.2) is 35.3 Å². The first kappa shape index (κ1) is 18.2. The van der Waals surface area contributed by atoms with Crippen LogP contribution < -0.4 is 4.74 Å². The third kappa shape index (κ3) is 4.58. The normalized spacial score (nSPS) is 11.1. The molecule has 120 valence electrons. The Labute approximate surface area is 138 Å². The minimum atomic E-state index is -0.971. The molecule has 7 heteroatoms. The van der Waals surface area contributed by atoms with Gasteiger partial charge in [0.25, 0.3) is 0 Å². The number of hydrogen-bond acceptors (Lipinski definition) is 5. The fraction of sp³-hybridized carbons (Fsp3) is 0.125. The van der Waals surface area contributed by atoms with Gasteiger partial charge in [-0.2, -0.15) is 0 Å². The smallest absolute Gasteiger partial charge is 0.345 e. The Kier molecular flexibility index (Phi) is 6.82. The minimum absolute atomic E-state index is 0. The molecular formula is C16H17N3O3S. The monoisotopic (exact) mass is 331 g/mol. The maximum absolute atomic E-state index is 11.0. The van der Waals surface area contributed by atoms with Gasteiger partial charge in [0.15, 0.2) is 5.75 Å². The topological polar surface area (TPSA) is 84.1 Å². The molecule has 0 spiro atoms. The maximum Gasteiger partial charge on any atom is 0.345 e. The summed E-state index contributed by atoms with van der Waals surface area (Å²) in [6.07, 6.45) is 4.58. The van der Waals surface area contributed by atoms with E-state index in [1.807, 2.05) is 0 Å². The fourth-order valence-electron chi connectivity index (χ4n) is 1.61. The van der Waals surface area contributed by atoms with Gasteiger partial charge in [-0.05, 0) is 18.2 Å². The third-order valence-corrected chi connectivity index (χ3v) is 3.46. The molecule has 0 bridgehead atoms. The van der Waals surface area contributed by atoms with Crippen LogP contribution in [0.3, 0.4) is 0 Å². The molecule has 0 aliphatic heterocycles. The van der Waals surface area contributed by atoms with Gasteiger partial charge in [-0.25, -0.2) is 14.8 Å². The van der Waals surface area contributed by atoms with Crippen molar-refractivity contribution in [1.29, 1.82) is 0 Å². The lowest BCUT2D eigenvalue weighted by atomic mass is 10.2. The van der Waals surface area contributed by atoms with Crippen LogP contribution in [-0.2, 0) is 0 Å². The molecule has 23 heavy (non-hydrogen) atoms. The van der Waals surface area contributed by atoms with E-state index < -0.39 is 5.97 Å². The molecule has 0 radical (unpaired) electrons. The zero-order chi connectivity index (χ0) is 15.9. The maximum atomic E-state index is 11.0. The van der Waals surface area contributed by atoms with Crippen molar-refractivity contribution in [3.8, 4) is 17.0 Å². The minimum Gasteiger partial charge on any atom is -0.477 e. The lowest BCUT2D eigenvalue weighted by molar-refractivity contribution is 0.0702. The molecule has 0 saturated heterocycles. The number of allylic oxidation sites excluding steroid dienone is 1. The fourth-order valence-corrected chi connectivity index (χ4v) is 2.34. The summed E-state index contributed by atoms with van der Waals surface area (Å²) in [5.74, 6) is -0.528.